The standard InChI is InChI=1S/C24H22N4O4S2/c1-3-26(4-2)21-16(22(29)27-10-6-5-7-20(27)25-21)12-19-23(30)28(24(33)34-19)13-15-8-9-17-18(11-15)32-14-31-17/h5-12H,3-4,13-14H2,1-2H3. The smallest absolute Gasteiger partial charge is 0.267 e. The topological polar surface area (TPSA) is 76.4 Å². The zero-order valence-corrected chi connectivity index (χ0v) is 20.3. The fraction of sp³-hybridized carbons (Fsp3) is 0.250. The van der Waals surface area contributed by atoms with Gasteiger partial charge in [0.05, 0.1) is 17.0 Å². The molecule has 0 atom stereocenters. The van der Waals surface area contributed by atoms with E-state index in [0.717, 1.165) is 5.56 Å². The Balaban J connectivity index is 1.52. The summed E-state index contributed by atoms with van der Waals surface area (Å²) in [6.07, 6.45) is 3.31. The van der Waals surface area contributed by atoms with Crippen molar-refractivity contribution < 1.29 is 14.3 Å². The third-order valence-corrected chi connectivity index (χ3v) is 7.12. The van der Waals surface area contributed by atoms with E-state index in [0.29, 0.717) is 57.4 Å². The fourth-order valence-electron chi connectivity index (χ4n) is 3.97. The summed E-state index contributed by atoms with van der Waals surface area (Å²) in [4.78, 5) is 35.4. The highest BCUT2D eigenvalue weighted by Gasteiger charge is 2.33. The number of amides is 1. The zero-order chi connectivity index (χ0) is 23.8. The lowest BCUT2D eigenvalue weighted by molar-refractivity contribution is -0.122. The molecule has 3 aromatic rings. The van der Waals surface area contributed by atoms with E-state index in [2.05, 4.69) is 0 Å². The number of rotatable bonds is 6. The number of ether oxygens (including phenoxy) is 2. The van der Waals surface area contributed by atoms with E-state index in [1.54, 1.807) is 24.4 Å². The third-order valence-electron chi connectivity index (χ3n) is 5.74. The molecule has 0 N–H and O–H groups in total. The zero-order valence-electron chi connectivity index (χ0n) is 18.7. The van der Waals surface area contributed by atoms with Gasteiger partial charge in [0.15, 0.2) is 11.5 Å². The molecule has 1 aromatic carbocycles. The SMILES string of the molecule is CCN(CC)c1nc2ccccn2c(=O)c1C=C1SC(=S)N(Cc2ccc3c(c2)OCO3)C1=O. The Bertz CT molecular complexity index is 1400. The number of thioether (sulfide) groups is 1. The van der Waals surface area contributed by atoms with Gasteiger partial charge in [-0.2, -0.15) is 0 Å². The lowest BCUT2D eigenvalue weighted by atomic mass is 10.2. The van der Waals surface area contributed by atoms with Crippen LogP contribution in [-0.2, 0) is 11.3 Å². The Morgan fingerprint density at radius 3 is 2.74 bits per heavy atom. The largest absolute Gasteiger partial charge is 0.454 e. The van der Waals surface area contributed by atoms with Gasteiger partial charge in [-0.3, -0.25) is 18.9 Å². The number of pyridine rings is 1. The van der Waals surface area contributed by atoms with Crippen LogP contribution in [0.1, 0.15) is 25.0 Å². The molecule has 174 valence electrons. The van der Waals surface area contributed by atoms with Crippen LogP contribution in [0.4, 0.5) is 5.82 Å². The Hall–Kier alpha value is -3.37. The highest BCUT2D eigenvalue weighted by Crippen LogP contribution is 2.37. The van der Waals surface area contributed by atoms with Gasteiger partial charge >= 0.3 is 0 Å². The van der Waals surface area contributed by atoms with E-state index >= 15 is 0 Å². The number of benzene rings is 1. The highest BCUT2D eigenvalue weighted by molar-refractivity contribution is 8.26. The number of anilines is 1. The maximum Gasteiger partial charge on any atom is 0.267 e. The summed E-state index contributed by atoms with van der Waals surface area (Å²) >= 11 is 6.70. The second-order valence-corrected chi connectivity index (χ2v) is 9.39. The molecule has 2 aliphatic heterocycles. The number of nitrogens with zero attached hydrogens (tertiary/aromatic N) is 4. The van der Waals surface area contributed by atoms with E-state index < -0.39 is 0 Å². The predicted molar refractivity (Wildman–Crippen MR) is 136 cm³/mol. The van der Waals surface area contributed by atoms with Gasteiger partial charge in [0.25, 0.3) is 11.5 Å². The molecular formula is C24H22N4O4S2. The van der Waals surface area contributed by atoms with Crippen molar-refractivity contribution in [3.63, 3.8) is 0 Å². The van der Waals surface area contributed by atoms with Crippen molar-refractivity contribution >= 4 is 51.7 Å². The normalized spacial score (nSPS) is 16.2. The molecule has 5 rings (SSSR count). The maximum atomic E-state index is 13.4. The first-order chi connectivity index (χ1) is 16.5. The van der Waals surface area contributed by atoms with Crippen LogP contribution in [-0.4, -0.2) is 44.4 Å². The van der Waals surface area contributed by atoms with Gasteiger partial charge in [-0.15, -0.1) is 0 Å². The average Bonchev–Trinajstić information content (AvgIpc) is 3.41. The summed E-state index contributed by atoms with van der Waals surface area (Å²) in [5, 5.41) is 0. The van der Waals surface area contributed by atoms with Gasteiger partial charge in [0.2, 0.25) is 6.79 Å². The summed E-state index contributed by atoms with van der Waals surface area (Å²) in [6, 6.07) is 11.0. The second-order valence-electron chi connectivity index (χ2n) is 7.71. The van der Waals surface area contributed by atoms with Gasteiger partial charge in [-0.05, 0) is 49.8 Å². The van der Waals surface area contributed by atoms with E-state index in [4.69, 9.17) is 26.7 Å². The number of carbonyl (C=O) groups excluding carboxylic acids is 1. The molecule has 0 spiro atoms. The molecule has 1 saturated heterocycles. The number of thiocarbonyl (C=S) groups is 1. The minimum absolute atomic E-state index is 0.187. The molecule has 1 fully saturated rings. The fourth-order valence-corrected chi connectivity index (χ4v) is 5.21. The van der Waals surface area contributed by atoms with E-state index in [1.807, 2.05) is 43.0 Å². The molecule has 0 radical (unpaired) electrons. The second kappa shape index (κ2) is 9.11. The molecule has 0 bridgehead atoms. The van der Waals surface area contributed by atoms with Crippen LogP contribution in [0.15, 0.2) is 52.3 Å². The monoisotopic (exact) mass is 494 g/mol. The van der Waals surface area contributed by atoms with Crippen LogP contribution in [0.3, 0.4) is 0 Å². The minimum Gasteiger partial charge on any atom is -0.454 e. The number of aromatic nitrogens is 2. The quantitative estimate of drug-likeness (QED) is 0.380. The van der Waals surface area contributed by atoms with Crippen molar-refractivity contribution in [2.75, 3.05) is 24.8 Å². The van der Waals surface area contributed by atoms with Crippen LogP contribution in [0.2, 0.25) is 0 Å². The first-order valence-electron chi connectivity index (χ1n) is 10.9. The summed E-state index contributed by atoms with van der Waals surface area (Å²) in [5.41, 5.74) is 1.57. The number of hydrogen-bond acceptors (Lipinski definition) is 8. The Morgan fingerprint density at radius 1 is 1.15 bits per heavy atom. The van der Waals surface area contributed by atoms with Crippen molar-refractivity contribution in [2.24, 2.45) is 0 Å². The van der Waals surface area contributed by atoms with E-state index in [1.165, 1.54) is 21.1 Å². The van der Waals surface area contributed by atoms with Crippen molar-refractivity contribution in [3.8, 4) is 11.5 Å². The van der Waals surface area contributed by atoms with Crippen LogP contribution < -0.4 is 19.9 Å². The number of hydrogen-bond donors (Lipinski definition) is 0. The lowest BCUT2D eigenvalue weighted by Crippen LogP contribution is -2.29. The molecule has 10 heteroatoms. The Kier molecular flexibility index (Phi) is 6.01. The summed E-state index contributed by atoms with van der Waals surface area (Å²) in [7, 11) is 0. The molecule has 0 unspecified atom stereocenters. The molecule has 4 heterocycles. The number of carbonyl (C=O) groups is 1. The Labute approximate surface area is 205 Å². The van der Waals surface area contributed by atoms with Crippen LogP contribution in [0, 0.1) is 0 Å². The van der Waals surface area contributed by atoms with Gasteiger partial charge in [-0.1, -0.05) is 36.1 Å². The van der Waals surface area contributed by atoms with Gasteiger partial charge < -0.3 is 14.4 Å². The van der Waals surface area contributed by atoms with Gasteiger partial charge in [-0.25, -0.2) is 4.98 Å². The highest BCUT2D eigenvalue weighted by atomic mass is 32.2. The van der Waals surface area contributed by atoms with Crippen LogP contribution in [0.5, 0.6) is 11.5 Å². The molecule has 0 aliphatic carbocycles. The minimum atomic E-state index is -0.240. The molecule has 2 aliphatic rings. The van der Waals surface area contributed by atoms with Crippen molar-refractivity contribution in [3.05, 3.63) is 69.0 Å². The molecule has 8 nitrogen and oxygen atoms in total. The molecule has 0 saturated carbocycles. The van der Waals surface area contributed by atoms with Crippen molar-refractivity contribution in [2.45, 2.75) is 20.4 Å². The molecule has 1 amide bonds. The first-order valence-corrected chi connectivity index (χ1v) is 12.1. The summed E-state index contributed by atoms with van der Waals surface area (Å²) in [6.45, 7) is 5.86. The summed E-state index contributed by atoms with van der Waals surface area (Å²) in [5.74, 6) is 1.65. The van der Waals surface area contributed by atoms with E-state index in [-0.39, 0.29) is 18.3 Å². The predicted octanol–water partition coefficient (Wildman–Crippen LogP) is 3.67. The van der Waals surface area contributed by atoms with Crippen LogP contribution in [0.25, 0.3) is 11.7 Å². The summed E-state index contributed by atoms with van der Waals surface area (Å²) < 4.78 is 12.7. The van der Waals surface area contributed by atoms with E-state index in [9.17, 15) is 9.59 Å². The molecule has 2 aromatic heterocycles. The lowest BCUT2D eigenvalue weighted by Gasteiger charge is -2.22. The average molecular weight is 495 g/mol. The van der Waals surface area contributed by atoms with Gasteiger partial charge in [0.1, 0.15) is 15.8 Å². The maximum absolute atomic E-state index is 13.4. The molecular weight excluding hydrogens is 472 g/mol. The van der Waals surface area contributed by atoms with Gasteiger partial charge in [0, 0.05) is 19.3 Å². The third kappa shape index (κ3) is 3.92. The molecule has 34 heavy (non-hydrogen) atoms. The Morgan fingerprint density at radius 2 is 1.94 bits per heavy atom. The first kappa shape index (κ1) is 22.4. The van der Waals surface area contributed by atoms with Crippen molar-refractivity contribution in [1.82, 2.24) is 14.3 Å². The van der Waals surface area contributed by atoms with Crippen LogP contribution >= 0.6 is 24.0 Å². The van der Waals surface area contributed by atoms with Crippen molar-refractivity contribution in [1.29, 1.82) is 0 Å². The number of fused-ring (bicyclic) bond motifs is 2.